The van der Waals surface area contributed by atoms with Gasteiger partial charge in [-0.3, -0.25) is 0 Å². The second-order valence-corrected chi connectivity index (χ2v) is 3.74. The van der Waals surface area contributed by atoms with Crippen molar-refractivity contribution in [3.05, 3.63) is 18.7 Å². The number of rotatable bonds is 7. The zero-order valence-electron chi connectivity index (χ0n) is 10.9. The maximum Gasteiger partial charge on any atom is 0.0945 e. The molecule has 1 aromatic heterocycles. The molecule has 16 heavy (non-hydrogen) atoms. The molecule has 0 aliphatic heterocycles. The molecule has 0 spiro atoms. The highest BCUT2D eigenvalue weighted by atomic mass is 16.3. The third-order valence-electron chi connectivity index (χ3n) is 2.40. The molecule has 3 heteroatoms. The Kier molecular flexibility index (Phi) is 10.1. The fourth-order valence-electron chi connectivity index (χ4n) is 1.51. The van der Waals surface area contributed by atoms with Crippen molar-refractivity contribution in [3.63, 3.8) is 0 Å². The minimum atomic E-state index is -0.113. The van der Waals surface area contributed by atoms with Gasteiger partial charge in [0.2, 0.25) is 0 Å². The van der Waals surface area contributed by atoms with Crippen LogP contribution in [0.3, 0.4) is 0 Å². The Balaban J connectivity index is 0.00000106. The van der Waals surface area contributed by atoms with Crippen LogP contribution in [0, 0.1) is 0 Å². The highest BCUT2D eigenvalue weighted by molar-refractivity contribution is 4.73. The van der Waals surface area contributed by atoms with Crippen molar-refractivity contribution in [1.29, 1.82) is 0 Å². The van der Waals surface area contributed by atoms with Crippen molar-refractivity contribution < 1.29 is 5.11 Å². The lowest BCUT2D eigenvalue weighted by Gasteiger charge is -2.09. The normalized spacial score (nSPS) is 11.8. The van der Waals surface area contributed by atoms with Gasteiger partial charge in [-0.15, -0.1) is 0 Å². The predicted molar refractivity (Wildman–Crippen MR) is 68.3 cm³/mol. The van der Waals surface area contributed by atoms with Gasteiger partial charge in [-0.25, -0.2) is 4.98 Å². The Labute approximate surface area is 99.5 Å². The highest BCUT2D eigenvalue weighted by Gasteiger charge is 2.02. The molecule has 0 amide bonds. The molecule has 0 saturated carbocycles. The van der Waals surface area contributed by atoms with Gasteiger partial charge in [-0.1, -0.05) is 33.6 Å². The summed E-state index contributed by atoms with van der Waals surface area (Å²) in [6.07, 6.45) is 10.6. The lowest BCUT2D eigenvalue weighted by atomic mass is 10.1. The van der Waals surface area contributed by atoms with Crippen LogP contribution in [0.4, 0.5) is 0 Å². The molecule has 0 aliphatic rings. The maximum absolute atomic E-state index is 9.58. The van der Waals surface area contributed by atoms with Crippen molar-refractivity contribution in [3.8, 4) is 0 Å². The number of aliphatic hydroxyl groups excluding tert-OH is 1. The number of aliphatic hydroxyl groups is 1. The van der Waals surface area contributed by atoms with Gasteiger partial charge in [0.15, 0.2) is 0 Å². The Bertz CT molecular complexity index is 222. The average molecular weight is 226 g/mol. The van der Waals surface area contributed by atoms with Gasteiger partial charge < -0.3 is 9.67 Å². The van der Waals surface area contributed by atoms with Crippen molar-refractivity contribution in [2.45, 2.75) is 65.5 Å². The van der Waals surface area contributed by atoms with Gasteiger partial charge in [0.05, 0.1) is 12.4 Å². The lowest BCUT2D eigenvalue weighted by Crippen LogP contribution is -2.07. The van der Waals surface area contributed by atoms with Crippen LogP contribution in [0.2, 0.25) is 0 Å². The van der Waals surface area contributed by atoms with Crippen LogP contribution in [-0.2, 0) is 6.54 Å². The quantitative estimate of drug-likeness (QED) is 0.775. The molecule has 94 valence electrons. The Morgan fingerprint density at radius 3 is 2.50 bits per heavy atom. The van der Waals surface area contributed by atoms with Gasteiger partial charge >= 0.3 is 0 Å². The summed E-state index contributed by atoms with van der Waals surface area (Å²) in [5, 5.41) is 9.58. The molecule has 1 unspecified atom stereocenters. The van der Waals surface area contributed by atoms with Crippen LogP contribution in [0.1, 0.15) is 52.9 Å². The summed E-state index contributed by atoms with van der Waals surface area (Å²) in [6, 6.07) is 0. The van der Waals surface area contributed by atoms with Crippen LogP contribution in [-0.4, -0.2) is 20.8 Å². The van der Waals surface area contributed by atoms with Crippen LogP contribution >= 0.6 is 0 Å². The van der Waals surface area contributed by atoms with Crippen molar-refractivity contribution >= 4 is 0 Å². The molecular formula is C13H26N2O. The van der Waals surface area contributed by atoms with E-state index in [0.29, 0.717) is 0 Å². The minimum Gasteiger partial charge on any atom is -0.393 e. The Hall–Kier alpha value is -0.830. The van der Waals surface area contributed by atoms with E-state index in [-0.39, 0.29) is 6.10 Å². The molecule has 1 heterocycles. The third kappa shape index (κ3) is 7.46. The second-order valence-electron chi connectivity index (χ2n) is 3.74. The Morgan fingerprint density at radius 1 is 1.25 bits per heavy atom. The van der Waals surface area contributed by atoms with Gasteiger partial charge in [0.25, 0.3) is 0 Å². The summed E-state index contributed by atoms with van der Waals surface area (Å²) in [5.74, 6) is 0. The summed E-state index contributed by atoms with van der Waals surface area (Å²) in [5.41, 5.74) is 0. The Morgan fingerprint density at radius 2 is 1.94 bits per heavy atom. The van der Waals surface area contributed by atoms with Crippen molar-refractivity contribution in [2.24, 2.45) is 0 Å². The van der Waals surface area contributed by atoms with Gasteiger partial charge in [0.1, 0.15) is 0 Å². The molecule has 3 nitrogen and oxygen atoms in total. The summed E-state index contributed by atoms with van der Waals surface area (Å²) in [6.45, 7) is 7.11. The molecule has 1 atom stereocenters. The monoisotopic (exact) mass is 226 g/mol. The van der Waals surface area contributed by atoms with E-state index in [9.17, 15) is 5.11 Å². The smallest absolute Gasteiger partial charge is 0.0945 e. The number of aromatic nitrogens is 2. The first-order valence-corrected chi connectivity index (χ1v) is 6.46. The first kappa shape index (κ1) is 15.2. The zero-order chi connectivity index (χ0) is 12.2. The molecule has 0 aliphatic carbocycles. The SMILES string of the molecule is CC.CCCCC(O)CCCn1ccnc1. The van der Waals surface area contributed by atoms with E-state index in [1.807, 2.05) is 30.9 Å². The lowest BCUT2D eigenvalue weighted by molar-refractivity contribution is 0.147. The fraction of sp³-hybridized carbons (Fsp3) is 0.769. The van der Waals surface area contributed by atoms with E-state index in [0.717, 1.165) is 32.2 Å². The topological polar surface area (TPSA) is 38.0 Å². The third-order valence-corrected chi connectivity index (χ3v) is 2.40. The van der Waals surface area contributed by atoms with Gasteiger partial charge in [-0.2, -0.15) is 0 Å². The fourth-order valence-corrected chi connectivity index (χ4v) is 1.51. The van der Waals surface area contributed by atoms with Crippen molar-refractivity contribution in [1.82, 2.24) is 9.55 Å². The number of nitrogens with zero attached hydrogens (tertiary/aromatic N) is 2. The van der Waals surface area contributed by atoms with Gasteiger partial charge in [-0.05, 0) is 19.3 Å². The number of aryl methyl sites for hydroxylation is 1. The number of hydrogen-bond donors (Lipinski definition) is 1. The molecule has 1 N–H and O–H groups in total. The largest absolute Gasteiger partial charge is 0.393 e. The van der Waals surface area contributed by atoms with E-state index in [1.165, 1.54) is 6.42 Å². The van der Waals surface area contributed by atoms with Crippen LogP contribution < -0.4 is 0 Å². The van der Waals surface area contributed by atoms with E-state index >= 15 is 0 Å². The maximum atomic E-state index is 9.58. The molecule has 0 fully saturated rings. The first-order chi connectivity index (χ1) is 7.83. The average Bonchev–Trinajstić information content (AvgIpc) is 2.82. The van der Waals surface area contributed by atoms with Crippen LogP contribution in [0.15, 0.2) is 18.7 Å². The summed E-state index contributed by atoms with van der Waals surface area (Å²) in [7, 11) is 0. The number of unbranched alkanes of at least 4 members (excludes halogenated alkanes) is 1. The second kappa shape index (κ2) is 10.7. The first-order valence-electron chi connectivity index (χ1n) is 6.46. The van der Waals surface area contributed by atoms with Crippen molar-refractivity contribution in [2.75, 3.05) is 0 Å². The number of imidazole rings is 1. The summed E-state index contributed by atoms with van der Waals surface area (Å²) < 4.78 is 2.05. The van der Waals surface area contributed by atoms with E-state index in [1.54, 1.807) is 6.20 Å². The molecule has 0 radical (unpaired) electrons. The molecular weight excluding hydrogens is 200 g/mol. The molecule has 0 aromatic carbocycles. The van der Waals surface area contributed by atoms with Crippen LogP contribution in [0.5, 0.6) is 0 Å². The molecule has 0 bridgehead atoms. The minimum absolute atomic E-state index is 0.113. The molecule has 1 rings (SSSR count). The summed E-state index contributed by atoms with van der Waals surface area (Å²) >= 11 is 0. The molecule has 0 saturated heterocycles. The summed E-state index contributed by atoms with van der Waals surface area (Å²) in [4.78, 5) is 3.97. The van der Waals surface area contributed by atoms with E-state index < -0.39 is 0 Å². The van der Waals surface area contributed by atoms with E-state index in [2.05, 4.69) is 11.9 Å². The van der Waals surface area contributed by atoms with Crippen LogP contribution in [0.25, 0.3) is 0 Å². The van der Waals surface area contributed by atoms with Gasteiger partial charge in [0, 0.05) is 18.9 Å². The van der Waals surface area contributed by atoms with E-state index in [4.69, 9.17) is 0 Å². The number of hydrogen-bond acceptors (Lipinski definition) is 2. The zero-order valence-corrected chi connectivity index (χ0v) is 10.9. The molecule has 1 aromatic rings. The standard InChI is InChI=1S/C11H20N2O.C2H6/c1-2-3-5-11(14)6-4-8-13-9-7-12-10-13;1-2/h7,9-11,14H,2-6,8H2,1H3;1-2H3. The predicted octanol–water partition coefficient (Wildman–Crippen LogP) is 3.24. The highest BCUT2D eigenvalue weighted by Crippen LogP contribution is 2.07.